The summed E-state index contributed by atoms with van der Waals surface area (Å²) >= 11 is 6.99. The van der Waals surface area contributed by atoms with Gasteiger partial charge in [0.15, 0.2) is 12.1 Å². The number of hydrogen-bond donors (Lipinski definition) is 1. The van der Waals surface area contributed by atoms with Crippen molar-refractivity contribution in [1.29, 1.82) is 0 Å². The number of esters is 1. The topological polar surface area (TPSA) is 55.4 Å². The number of quaternary nitrogens is 1. The molecule has 3 aromatic rings. The second kappa shape index (κ2) is 10.9. The Hall–Kier alpha value is -2.48. The van der Waals surface area contributed by atoms with E-state index in [1.54, 1.807) is 0 Å². The highest BCUT2D eigenvalue weighted by atomic mass is 79.9. The van der Waals surface area contributed by atoms with Gasteiger partial charge < -0.3 is 14.5 Å². The summed E-state index contributed by atoms with van der Waals surface area (Å²) in [5.41, 5.74) is 2.43. The molecule has 6 rings (SSSR count). The maximum absolute atomic E-state index is 13.5. The van der Waals surface area contributed by atoms with Crippen molar-refractivity contribution in [1.82, 2.24) is 0 Å². The number of carbonyl (C=O) groups is 2. The minimum atomic E-state index is -0.599. The maximum Gasteiger partial charge on any atom is 0.333 e. The molecular formula is C29H29Br2N2O3+. The summed E-state index contributed by atoms with van der Waals surface area (Å²) < 4.78 is 8.63. The number of rotatable bonds is 8. The molecule has 0 aliphatic carbocycles. The zero-order valence-corrected chi connectivity index (χ0v) is 23.1. The largest absolute Gasteiger partial charge is 0.454 e. The number of benzene rings is 3. The molecule has 0 unspecified atom stereocenters. The van der Waals surface area contributed by atoms with E-state index >= 15 is 0 Å². The third-order valence-corrected chi connectivity index (χ3v) is 8.62. The number of para-hydroxylation sites is 1. The van der Waals surface area contributed by atoms with Gasteiger partial charge >= 0.3 is 5.97 Å². The summed E-state index contributed by atoms with van der Waals surface area (Å²) in [6, 6.07) is 24.5. The van der Waals surface area contributed by atoms with E-state index in [9.17, 15) is 9.59 Å². The minimum absolute atomic E-state index is 0.118. The fourth-order valence-corrected chi connectivity index (χ4v) is 6.79. The molecule has 3 aliphatic rings. The average Bonchev–Trinajstić information content (AvgIpc) is 2.88. The molecule has 0 aromatic heterocycles. The molecule has 0 radical (unpaired) electrons. The van der Waals surface area contributed by atoms with Crippen molar-refractivity contribution in [2.24, 2.45) is 5.92 Å². The quantitative estimate of drug-likeness (QED) is 0.182. The molecule has 2 atom stereocenters. The number of ether oxygens (including phenoxy) is 1. The number of anilines is 1. The van der Waals surface area contributed by atoms with Crippen molar-refractivity contribution >= 4 is 49.3 Å². The van der Waals surface area contributed by atoms with Crippen LogP contribution in [-0.4, -0.2) is 48.5 Å². The van der Waals surface area contributed by atoms with E-state index in [0.29, 0.717) is 29.1 Å². The van der Waals surface area contributed by atoms with Crippen LogP contribution in [0.15, 0.2) is 87.8 Å². The normalized spacial score (nSPS) is 23.6. The van der Waals surface area contributed by atoms with Gasteiger partial charge in [-0.05, 0) is 35.9 Å². The van der Waals surface area contributed by atoms with Crippen LogP contribution in [0.25, 0.3) is 0 Å². The summed E-state index contributed by atoms with van der Waals surface area (Å²) in [6.07, 6.45) is 1.74. The number of carbonyl (C=O) groups excluding carboxylic acids is 2. The zero-order chi connectivity index (χ0) is 25.1. The van der Waals surface area contributed by atoms with Crippen molar-refractivity contribution in [3.8, 4) is 0 Å². The molecule has 36 heavy (non-hydrogen) atoms. The fourth-order valence-electron chi connectivity index (χ4n) is 5.52. The van der Waals surface area contributed by atoms with Crippen molar-refractivity contribution in [2.75, 3.05) is 31.5 Å². The number of piperidine rings is 3. The van der Waals surface area contributed by atoms with E-state index in [1.807, 2.05) is 78.9 Å². The van der Waals surface area contributed by atoms with E-state index in [2.05, 4.69) is 37.2 Å². The van der Waals surface area contributed by atoms with Gasteiger partial charge in [-0.2, -0.15) is 0 Å². The molecular weight excluding hydrogens is 584 g/mol. The van der Waals surface area contributed by atoms with Crippen LogP contribution in [0.2, 0.25) is 0 Å². The lowest BCUT2D eigenvalue weighted by Crippen LogP contribution is -2.65. The Morgan fingerprint density at radius 1 is 0.944 bits per heavy atom. The SMILES string of the molecule is O=C(C[N+]12CCC(CC1)[C@@H](OC(=O)[C@H](Nc1ccccc1)c1ccccc1)C2)c1ccc(Br)cc1Br. The van der Waals surface area contributed by atoms with Gasteiger partial charge in [0.05, 0.1) is 13.1 Å². The lowest BCUT2D eigenvalue weighted by molar-refractivity contribution is -0.938. The number of hydrogen-bond acceptors (Lipinski definition) is 4. The third kappa shape index (κ3) is 5.58. The predicted molar refractivity (Wildman–Crippen MR) is 148 cm³/mol. The summed E-state index contributed by atoms with van der Waals surface area (Å²) in [6.45, 7) is 3.00. The first kappa shape index (κ1) is 25.2. The average molecular weight is 613 g/mol. The molecule has 3 saturated heterocycles. The number of nitrogens with one attached hydrogen (secondary N) is 1. The van der Waals surface area contributed by atoms with Gasteiger partial charge in [-0.3, -0.25) is 4.79 Å². The van der Waals surface area contributed by atoms with Gasteiger partial charge in [0.1, 0.15) is 13.1 Å². The minimum Gasteiger partial charge on any atom is -0.454 e. The number of Topliss-reactive ketones (excluding diaryl/α,β-unsaturated/α-hetero) is 1. The molecule has 5 nitrogen and oxygen atoms in total. The number of halogens is 2. The summed E-state index contributed by atoms with van der Waals surface area (Å²) in [5.74, 6) is 0.188. The van der Waals surface area contributed by atoms with E-state index in [1.165, 1.54) is 0 Å². The van der Waals surface area contributed by atoms with E-state index in [4.69, 9.17) is 4.74 Å². The molecule has 3 heterocycles. The second-order valence-corrected chi connectivity index (χ2v) is 11.6. The Balaban J connectivity index is 1.31. The summed E-state index contributed by atoms with van der Waals surface area (Å²) in [4.78, 5) is 26.8. The first-order chi connectivity index (χ1) is 17.4. The van der Waals surface area contributed by atoms with Crippen LogP contribution < -0.4 is 5.32 Å². The van der Waals surface area contributed by atoms with Crippen LogP contribution in [-0.2, 0) is 9.53 Å². The molecule has 2 bridgehead atoms. The van der Waals surface area contributed by atoms with Gasteiger partial charge in [0, 0.05) is 39.0 Å². The second-order valence-electron chi connectivity index (χ2n) is 9.84. The highest BCUT2D eigenvalue weighted by Crippen LogP contribution is 2.37. The predicted octanol–water partition coefficient (Wildman–Crippen LogP) is 6.40. The molecule has 3 aliphatic heterocycles. The molecule has 3 aromatic carbocycles. The highest BCUT2D eigenvalue weighted by molar-refractivity contribution is 9.11. The zero-order valence-electron chi connectivity index (χ0n) is 19.9. The molecule has 1 N–H and O–H groups in total. The number of ketones is 1. The Bertz CT molecular complexity index is 1230. The van der Waals surface area contributed by atoms with E-state index in [0.717, 1.165) is 46.1 Å². The Kier molecular flexibility index (Phi) is 7.60. The van der Waals surface area contributed by atoms with Crippen LogP contribution >= 0.6 is 31.9 Å². The smallest absolute Gasteiger partial charge is 0.333 e. The third-order valence-electron chi connectivity index (χ3n) is 7.47. The molecule has 7 heteroatoms. The Labute approximate surface area is 228 Å². The van der Waals surface area contributed by atoms with Crippen molar-refractivity contribution in [2.45, 2.75) is 25.0 Å². The van der Waals surface area contributed by atoms with Crippen LogP contribution in [0.5, 0.6) is 0 Å². The number of fused-ring (bicyclic) bond motifs is 3. The molecule has 186 valence electrons. The fraction of sp³-hybridized carbons (Fsp3) is 0.310. The van der Waals surface area contributed by atoms with Crippen LogP contribution in [0.4, 0.5) is 5.69 Å². The lowest BCUT2D eigenvalue weighted by atomic mass is 9.82. The Morgan fingerprint density at radius 3 is 2.28 bits per heavy atom. The van der Waals surface area contributed by atoms with Crippen molar-refractivity contribution in [3.63, 3.8) is 0 Å². The highest BCUT2D eigenvalue weighted by Gasteiger charge is 2.49. The van der Waals surface area contributed by atoms with Crippen molar-refractivity contribution < 1.29 is 18.8 Å². The van der Waals surface area contributed by atoms with Gasteiger partial charge in [-0.1, -0.05) is 80.4 Å². The lowest BCUT2D eigenvalue weighted by Gasteiger charge is -2.51. The van der Waals surface area contributed by atoms with Gasteiger partial charge in [-0.15, -0.1) is 0 Å². The maximum atomic E-state index is 13.5. The molecule has 0 amide bonds. The monoisotopic (exact) mass is 611 g/mol. The van der Waals surface area contributed by atoms with Gasteiger partial charge in [0.25, 0.3) is 0 Å². The van der Waals surface area contributed by atoms with Crippen molar-refractivity contribution in [3.05, 3.63) is 98.9 Å². The van der Waals surface area contributed by atoms with Crippen LogP contribution in [0.3, 0.4) is 0 Å². The first-order valence-electron chi connectivity index (χ1n) is 12.3. The summed E-state index contributed by atoms with van der Waals surface area (Å²) in [5, 5.41) is 3.36. The molecule has 3 fully saturated rings. The van der Waals surface area contributed by atoms with E-state index in [-0.39, 0.29) is 17.9 Å². The molecule has 0 spiro atoms. The standard InChI is InChI=1S/C29H29Br2N2O3/c30-22-11-12-24(25(31)17-22)26(34)18-33-15-13-20(14-16-33)27(19-33)36-29(35)28(21-7-3-1-4-8-21)32-23-9-5-2-6-10-23/h1-12,17,20,27-28,32H,13-16,18-19H2/q+1/t20?,27-,28+,33?/m0/s1. The van der Waals surface area contributed by atoms with Gasteiger partial charge in [-0.25, -0.2) is 4.79 Å². The van der Waals surface area contributed by atoms with E-state index < -0.39 is 6.04 Å². The van der Waals surface area contributed by atoms with Crippen LogP contribution in [0, 0.1) is 5.92 Å². The summed E-state index contributed by atoms with van der Waals surface area (Å²) in [7, 11) is 0. The van der Waals surface area contributed by atoms with Crippen LogP contribution in [0.1, 0.15) is 34.8 Å². The first-order valence-corrected chi connectivity index (χ1v) is 13.9. The molecule has 0 saturated carbocycles. The van der Waals surface area contributed by atoms with Gasteiger partial charge in [0.2, 0.25) is 5.78 Å². The number of nitrogens with zero attached hydrogens (tertiary/aromatic N) is 1. The Morgan fingerprint density at radius 2 is 1.61 bits per heavy atom.